The first kappa shape index (κ1) is 16.0. The zero-order valence-electron chi connectivity index (χ0n) is 12.8. The minimum atomic E-state index is -0.583. The van der Waals surface area contributed by atoms with Gasteiger partial charge in [-0.15, -0.1) is 0 Å². The molecule has 1 aromatic carbocycles. The Hall–Kier alpha value is -2.84. The average molecular weight is 328 g/mol. The van der Waals surface area contributed by atoms with E-state index < -0.39 is 11.0 Å². The number of benzene rings is 1. The number of nitrogen functional groups attached to an aromatic ring is 1. The van der Waals surface area contributed by atoms with Crippen molar-refractivity contribution in [2.24, 2.45) is 0 Å². The molecule has 0 bridgehead atoms. The summed E-state index contributed by atoms with van der Waals surface area (Å²) in [6.45, 7) is 0.237. The Morgan fingerprint density at radius 3 is 2.88 bits per heavy atom. The molecule has 8 heteroatoms. The molecule has 0 aliphatic carbocycles. The van der Waals surface area contributed by atoms with Gasteiger partial charge in [0.15, 0.2) is 11.5 Å². The highest BCUT2D eigenvalue weighted by molar-refractivity contribution is 5.64. The van der Waals surface area contributed by atoms with Gasteiger partial charge in [-0.1, -0.05) is 30.4 Å². The Labute approximate surface area is 137 Å². The molecular weight excluding hydrogens is 312 g/mol. The van der Waals surface area contributed by atoms with Gasteiger partial charge in [-0.3, -0.25) is 10.1 Å². The summed E-state index contributed by atoms with van der Waals surface area (Å²) < 4.78 is 5.57. The summed E-state index contributed by atoms with van der Waals surface area (Å²) in [4.78, 5) is 19.2. The fraction of sp³-hybridized carbons (Fsp3) is 0.250. The largest absolute Gasteiger partial charge is 0.392 e. The molecule has 24 heavy (non-hydrogen) atoms. The van der Waals surface area contributed by atoms with Crippen LogP contribution in [0, 0.1) is 10.1 Å². The maximum Gasteiger partial charge on any atom is 0.335 e. The number of aromatic nitrogens is 2. The van der Waals surface area contributed by atoms with Crippen molar-refractivity contribution in [1.82, 2.24) is 9.97 Å². The van der Waals surface area contributed by atoms with Crippen molar-refractivity contribution in [3.8, 4) is 11.4 Å². The van der Waals surface area contributed by atoms with E-state index in [0.29, 0.717) is 24.2 Å². The summed E-state index contributed by atoms with van der Waals surface area (Å²) in [6.07, 6.45) is 3.68. The number of ether oxygens (including phenoxy) is 1. The van der Waals surface area contributed by atoms with E-state index in [9.17, 15) is 15.2 Å². The van der Waals surface area contributed by atoms with Crippen molar-refractivity contribution in [2.75, 3.05) is 12.3 Å². The predicted octanol–water partition coefficient (Wildman–Crippen LogP) is 2.14. The quantitative estimate of drug-likeness (QED) is 0.500. The minimum Gasteiger partial charge on any atom is -0.392 e. The normalized spacial score (nSPS) is 17.0. The van der Waals surface area contributed by atoms with Crippen molar-refractivity contribution in [3.63, 3.8) is 0 Å². The molecule has 1 aliphatic heterocycles. The first-order valence-corrected chi connectivity index (χ1v) is 7.38. The topological polar surface area (TPSA) is 124 Å². The number of anilines is 1. The number of hydrogen-bond acceptors (Lipinski definition) is 7. The second-order valence-corrected chi connectivity index (χ2v) is 5.31. The number of nitrogens with two attached hydrogens (primary N) is 1. The molecule has 124 valence electrons. The summed E-state index contributed by atoms with van der Waals surface area (Å²) in [6, 6.07) is 6.98. The predicted molar refractivity (Wildman–Crippen MR) is 86.9 cm³/mol. The van der Waals surface area contributed by atoms with Gasteiger partial charge in [-0.2, -0.15) is 0 Å². The number of rotatable bonds is 4. The maximum absolute atomic E-state index is 11.4. The summed E-state index contributed by atoms with van der Waals surface area (Å²) in [5, 5.41) is 20.6. The number of nitrogens with zero attached hydrogens (tertiary/aromatic N) is 3. The van der Waals surface area contributed by atoms with E-state index in [1.54, 1.807) is 24.3 Å². The van der Waals surface area contributed by atoms with Gasteiger partial charge >= 0.3 is 5.69 Å². The van der Waals surface area contributed by atoms with Crippen LogP contribution in [0.4, 0.5) is 11.5 Å². The van der Waals surface area contributed by atoms with Gasteiger partial charge < -0.3 is 15.6 Å². The summed E-state index contributed by atoms with van der Waals surface area (Å²) in [5.41, 5.74) is 6.98. The van der Waals surface area contributed by atoms with Crippen LogP contribution in [-0.2, 0) is 11.3 Å². The Morgan fingerprint density at radius 2 is 2.21 bits per heavy atom. The van der Waals surface area contributed by atoms with Crippen LogP contribution in [0.5, 0.6) is 0 Å². The molecule has 1 aromatic heterocycles. The second-order valence-electron chi connectivity index (χ2n) is 5.31. The van der Waals surface area contributed by atoms with Crippen LogP contribution in [0.2, 0.25) is 0 Å². The SMILES string of the molecule is Nc1nc(-c2cccc(CO)c2)nc(C2CC=CCO2)c1[N+](=O)[O-]. The molecular formula is C16H16N4O4. The fourth-order valence-electron chi connectivity index (χ4n) is 2.56. The van der Waals surface area contributed by atoms with Crippen LogP contribution in [0.3, 0.4) is 0 Å². The van der Waals surface area contributed by atoms with Crippen molar-refractivity contribution in [1.29, 1.82) is 0 Å². The lowest BCUT2D eigenvalue weighted by atomic mass is 10.1. The van der Waals surface area contributed by atoms with Crippen LogP contribution in [-0.4, -0.2) is 26.6 Å². The van der Waals surface area contributed by atoms with Crippen LogP contribution in [0.1, 0.15) is 23.8 Å². The number of nitro groups is 1. The van der Waals surface area contributed by atoms with E-state index in [0.717, 1.165) is 0 Å². The lowest BCUT2D eigenvalue weighted by Gasteiger charge is -2.19. The second kappa shape index (κ2) is 6.73. The molecule has 1 unspecified atom stereocenters. The number of aliphatic hydroxyl groups excluding tert-OH is 1. The third-order valence-corrected chi connectivity index (χ3v) is 3.70. The minimum absolute atomic E-state index is 0.125. The molecule has 0 amide bonds. The Balaban J connectivity index is 2.13. The molecule has 0 saturated carbocycles. The fourth-order valence-corrected chi connectivity index (χ4v) is 2.56. The van der Waals surface area contributed by atoms with Gasteiger partial charge in [-0.25, -0.2) is 9.97 Å². The zero-order chi connectivity index (χ0) is 17.1. The molecule has 0 fully saturated rings. The third kappa shape index (κ3) is 3.10. The highest BCUT2D eigenvalue weighted by Crippen LogP contribution is 2.35. The van der Waals surface area contributed by atoms with Crippen LogP contribution >= 0.6 is 0 Å². The lowest BCUT2D eigenvalue weighted by molar-refractivity contribution is -0.385. The maximum atomic E-state index is 11.4. The van der Waals surface area contributed by atoms with E-state index in [1.807, 2.05) is 12.2 Å². The van der Waals surface area contributed by atoms with E-state index in [-0.39, 0.29) is 29.6 Å². The first-order valence-electron chi connectivity index (χ1n) is 7.38. The summed E-state index contributed by atoms with van der Waals surface area (Å²) in [5.74, 6) is 0.0640. The van der Waals surface area contributed by atoms with Crippen LogP contribution < -0.4 is 5.73 Å². The third-order valence-electron chi connectivity index (χ3n) is 3.70. The average Bonchev–Trinajstić information content (AvgIpc) is 2.61. The molecule has 1 atom stereocenters. The lowest BCUT2D eigenvalue weighted by Crippen LogP contribution is -2.15. The van der Waals surface area contributed by atoms with E-state index in [1.165, 1.54) is 0 Å². The van der Waals surface area contributed by atoms with E-state index in [4.69, 9.17) is 10.5 Å². The monoisotopic (exact) mass is 328 g/mol. The number of aliphatic hydroxyl groups is 1. The van der Waals surface area contributed by atoms with Gasteiger partial charge in [0, 0.05) is 5.56 Å². The molecule has 8 nitrogen and oxygen atoms in total. The van der Waals surface area contributed by atoms with E-state index in [2.05, 4.69) is 9.97 Å². The molecule has 2 heterocycles. The summed E-state index contributed by atoms with van der Waals surface area (Å²) >= 11 is 0. The van der Waals surface area contributed by atoms with Crippen molar-refractivity contribution >= 4 is 11.5 Å². The van der Waals surface area contributed by atoms with Gasteiger partial charge in [-0.05, 0) is 18.1 Å². The van der Waals surface area contributed by atoms with Gasteiger partial charge in [0.2, 0.25) is 5.82 Å². The zero-order valence-corrected chi connectivity index (χ0v) is 12.8. The highest BCUT2D eigenvalue weighted by atomic mass is 16.6. The number of hydrogen-bond donors (Lipinski definition) is 2. The van der Waals surface area contributed by atoms with Crippen molar-refractivity contribution in [2.45, 2.75) is 19.1 Å². The molecule has 0 spiro atoms. The molecule has 0 saturated heterocycles. The van der Waals surface area contributed by atoms with Crippen LogP contribution in [0.15, 0.2) is 36.4 Å². The molecule has 1 aliphatic rings. The molecule has 0 radical (unpaired) electrons. The molecule has 3 rings (SSSR count). The Morgan fingerprint density at radius 1 is 1.38 bits per heavy atom. The molecule has 2 aromatic rings. The Kier molecular flexibility index (Phi) is 4.50. The van der Waals surface area contributed by atoms with Crippen molar-refractivity contribution in [3.05, 3.63) is 57.8 Å². The van der Waals surface area contributed by atoms with Gasteiger partial charge in [0.25, 0.3) is 0 Å². The van der Waals surface area contributed by atoms with E-state index >= 15 is 0 Å². The smallest absolute Gasteiger partial charge is 0.335 e. The van der Waals surface area contributed by atoms with Gasteiger partial charge in [0.05, 0.1) is 18.1 Å². The van der Waals surface area contributed by atoms with Gasteiger partial charge in [0.1, 0.15) is 6.10 Å². The first-order chi connectivity index (χ1) is 11.6. The van der Waals surface area contributed by atoms with Crippen LogP contribution in [0.25, 0.3) is 11.4 Å². The standard InChI is InChI=1S/C16H16N4O4/c17-15-14(20(22)23)13(12-6-1-2-7-24-12)18-16(19-15)11-5-3-4-10(8-11)9-21/h1-5,8,12,21H,6-7,9H2,(H2,17,18,19). The molecule has 3 N–H and O–H groups in total. The highest BCUT2D eigenvalue weighted by Gasteiger charge is 2.30. The Bertz CT molecular complexity index is 807. The summed E-state index contributed by atoms with van der Waals surface area (Å²) in [7, 11) is 0. The van der Waals surface area contributed by atoms with Crippen molar-refractivity contribution < 1.29 is 14.8 Å².